The Hall–Kier alpha value is -0.830. The Bertz CT molecular complexity index is 444. The van der Waals surface area contributed by atoms with Gasteiger partial charge in [-0.3, -0.25) is 0 Å². The van der Waals surface area contributed by atoms with Crippen LogP contribution in [0.2, 0.25) is 5.15 Å². The minimum absolute atomic E-state index is 0.434. The zero-order chi connectivity index (χ0) is 14.5. The maximum absolute atomic E-state index is 6.23. The summed E-state index contributed by atoms with van der Waals surface area (Å²) in [6.07, 6.45) is 8.79. The highest BCUT2D eigenvalue weighted by molar-refractivity contribution is 6.30. The van der Waals surface area contributed by atoms with Crippen molar-refractivity contribution in [1.82, 2.24) is 9.97 Å². The second-order valence-electron chi connectivity index (χ2n) is 6.02. The van der Waals surface area contributed by atoms with Crippen LogP contribution in [0.25, 0.3) is 0 Å². The number of nitrogens with zero attached hydrogens (tertiary/aromatic N) is 2. The number of hydrogen-bond acceptors (Lipinski definition) is 3. The lowest BCUT2D eigenvalue weighted by Gasteiger charge is -2.17. The highest BCUT2D eigenvalue weighted by Crippen LogP contribution is 2.39. The number of nitrogens with one attached hydrogen (secondary N) is 1. The van der Waals surface area contributed by atoms with Gasteiger partial charge in [0.15, 0.2) is 0 Å². The summed E-state index contributed by atoms with van der Waals surface area (Å²) in [6.45, 7) is 6.46. The van der Waals surface area contributed by atoms with E-state index >= 15 is 0 Å². The molecular formula is C16H26ClN3. The lowest BCUT2D eigenvalue weighted by molar-refractivity contribution is 0.592. The standard InChI is InChI=1S/C16H26ClN3/c1-4-5-6-7-8-11(2)18-15-12(3)14(17)19-16(20-15)13-9-10-13/h11,13H,4-10H2,1-3H3,(H,18,19,20). The smallest absolute Gasteiger partial charge is 0.137 e. The van der Waals surface area contributed by atoms with Crippen molar-refractivity contribution in [2.45, 2.75) is 77.7 Å². The molecule has 112 valence electrons. The van der Waals surface area contributed by atoms with Gasteiger partial charge in [0.05, 0.1) is 0 Å². The van der Waals surface area contributed by atoms with Gasteiger partial charge in [-0.25, -0.2) is 9.97 Å². The third-order valence-electron chi connectivity index (χ3n) is 3.92. The molecule has 1 saturated carbocycles. The summed E-state index contributed by atoms with van der Waals surface area (Å²) < 4.78 is 0. The predicted molar refractivity (Wildman–Crippen MR) is 85.6 cm³/mol. The van der Waals surface area contributed by atoms with Crippen molar-refractivity contribution in [2.75, 3.05) is 5.32 Å². The molecule has 0 bridgehead atoms. The SMILES string of the molecule is CCCCCCC(C)Nc1nc(C2CC2)nc(Cl)c1C. The summed E-state index contributed by atoms with van der Waals surface area (Å²) in [4.78, 5) is 9.08. The van der Waals surface area contributed by atoms with Crippen molar-refractivity contribution in [3.05, 3.63) is 16.5 Å². The van der Waals surface area contributed by atoms with Crippen LogP contribution in [0.4, 0.5) is 5.82 Å². The van der Waals surface area contributed by atoms with Crippen LogP contribution >= 0.6 is 11.6 Å². The molecule has 1 aliphatic carbocycles. The molecule has 1 unspecified atom stereocenters. The van der Waals surface area contributed by atoms with E-state index in [0.717, 1.165) is 17.2 Å². The van der Waals surface area contributed by atoms with Crippen LogP contribution in [0, 0.1) is 6.92 Å². The molecule has 1 aliphatic rings. The molecule has 3 nitrogen and oxygen atoms in total. The Balaban J connectivity index is 1.93. The van der Waals surface area contributed by atoms with Crippen molar-refractivity contribution in [3.63, 3.8) is 0 Å². The molecule has 4 heteroatoms. The van der Waals surface area contributed by atoms with Crippen LogP contribution in [-0.4, -0.2) is 16.0 Å². The Morgan fingerprint density at radius 3 is 2.65 bits per heavy atom. The molecule has 0 amide bonds. The average Bonchev–Trinajstić information content (AvgIpc) is 3.24. The highest BCUT2D eigenvalue weighted by Gasteiger charge is 2.28. The Labute approximate surface area is 127 Å². The molecule has 1 N–H and O–H groups in total. The van der Waals surface area contributed by atoms with Crippen molar-refractivity contribution in [3.8, 4) is 0 Å². The zero-order valence-corrected chi connectivity index (χ0v) is 13.6. The van der Waals surface area contributed by atoms with Crippen LogP contribution in [0.5, 0.6) is 0 Å². The number of hydrogen-bond donors (Lipinski definition) is 1. The van der Waals surface area contributed by atoms with Gasteiger partial charge in [0.2, 0.25) is 0 Å². The van der Waals surface area contributed by atoms with E-state index in [4.69, 9.17) is 11.6 Å². The third-order valence-corrected chi connectivity index (χ3v) is 4.29. The third kappa shape index (κ3) is 4.34. The zero-order valence-electron chi connectivity index (χ0n) is 12.9. The van der Waals surface area contributed by atoms with Gasteiger partial charge in [0, 0.05) is 17.5 Å². The van der Waals surface area contributed by atoms with Gasteiger partial charge in [-0.05, 0) is 33.1 Å². The number of aromatic nitrogens is 2. The maximum atomic E-state index is 6.23. The van der Waals surface area contributed by atoms with E-state index in [1.807, 2.05) is 6.92 Å². The van der Waals surface area contributed by atoms with Crippen LogP contribution < -0.4 is 5.32 Å². The van der Waals surface area contributed by atoms with Crippen LogP contribution in [-0.2, 0) is 0 Å². The summed E-state index contributed by atoms with van der Waals surface area (Å²) in [5, 5.41) is 4.12. The summed E-state index contributed by atoms with van der Waals surface area (Å²) in [5.41, 5.74) is 0.969. The van der Waals surface area contributed by atoms with Gasteiger partial charge in [0.1, 0.15) is 16.8 Å². The van der Waals surface area contributed by atoms with Gasteiger partial charge in [-0.15, -0.1) is 0 Å². The monoisotopic (exact) mass is 295 g/mol. The van der Waals surface area contributed by atoms with Crippen molar-refractivity contribution in [1.29, 1.82) is 0 Å². The van der Waals surface area contributed by atoms with Crippen molar-refractivity contribution in [2.24, 2.45) is 0 Å². The van der Waals surface area contributed by atoms with E-state index in [9.17, 15) is 0 Å². The minimum Gasteiger partial charge on any atom is -0.367 e. The number of halogens is 1. The molecule has 0 spiro atoms. The fourth-order valence-electron chi connectivity index (χ4n) is 2.35. The average molecular weight is 296 g/mol. The molecule has 1 aromatic heterocycles. The van der Waals surface area contributed by atoms with Crippen LogP contribution in [0.15, 0.2) is 0 Å². The number of unbranched alkanes of at least 4 members (excludes halogenated alkanes) is 3. The molecule has 1 heterocycles. The second-order valence-corrected chi connectivity index (χ2v) is 6.37. The quantitative estimate of drug-likeness (QED) is 0.536. The first kappa shape index (κ1) is 15.6. The lowest BCUT2D eigenvalue weighted by Crippen LogP contribution is -2.17. The topological polar surface area (TPSA) is 37.8 Å². The van der Waals surface area contributed by atoms with Crippen molar-refractivity contribution >= 4 is 17.4 Å². The van der Waals surface area contributed by atoms with E-state index in [1.165, 1.54) is 44.9 Å². The van der Waals surface area contributed by atoms with E-state index in [-0.39, 0.29) is 0 Å². The van der Waals surface area contributed by atoms with Crippen LogP contribution in [0.3, 0.4) is 0 Å². The molecule has 1 aromatic rings. The largest absolute Gasteiger partial charge is 0.367 e. The first-order valence-electron chi connectivity index (χ1n) is 7.92. The molecule has 0 aromatic carbocycles. The summed E-state index contributed by atoms with van der Waals surface area (Å²) in [6, 6.07) is 0.434. The molecule has 2 rings (SSSR count). The molecule has 0 saturated heterocycles. The Kier molecular flexibility index (Phi) is 5.64. The van der Waals surface area contributed by atoms with Crippen LogP contribution in [0.1, 0.15) is 76.1 Å². The first-order chi connectivity index (χ1) is 9.61. The normalized spacial score (nSPS) is 16.2. The summed E-state index contributed by atoms with van der Waals surface area (Å²) in [5.74, 6) is 2.38. The number of anilines is 1. The molecule has 1 atom stereocenters. The molecule has 1 fully saturated rings. The van der Waals surface area contributed by atoms with Gasteiger partial charge >= 0.3 is 0 Å². The second kappa shape index (κ2) is 7.26. The fourth-order valence-corrected chi connectivity index (χ4v) is 2.53. The van der Waals surface area contributed by atoms with Gasteiger partial charge in [0.25, 0.3) is 0 Å². The summed E-state index contributed by atoms with van der Waals surface area (Å²) >= 11 is 6.23. The van der Waals surface area contributed by atoms with Gasteiger partial charge < -0.3 is 5.32 Å². The molecule has 0 radical (unpaired) electrons. The number of rotatable bonds is 8. The van der Waals surface area contributed by atoms with E-state index in [0.29, 0.717) is 17.1 Å². The van der Waals surface area contributed by atoms with E-state index < -0.39 is 0 Å². The van der Waals surface area contributed by atoms with E-state index in [2.05, 4.69) is 29.1 Å². The van der Waals surface area contributed by atoms with Crippen molar-refractivity contribution < 1.29 is 0 Å². The molecule has 0 aliphatic heterocycles. The van der Waals surface area contributed by atoms with E-state index in [1.54, 1.807) is 0 Å². The minimum atomic E-state index is 0.434. The highest BCUT2D eigenvalue weighted by atomic mass is 35.5. The summed E-state index contributed by atoms with van der Waals surface area (Å²) in [7, 11) is 0. The fraction of sp³-hybridized carbons (Fsp3) is 0.750. The Morgan fingerprint density at radius 1 is 1.25 bits per heavy atom. The van der Waals surface area contributed by atoms with Gasteiger partial charge in [-0.2, -0.15) is 0 Å². The van der Waals surface area contributed by atoms with Gasteiger partial charge in [-0.1, -0.05) is 44.2 Å². The molecule has 20 heavy (non-hydrogen) atoms. The predicted octanol–water partition coefficient (Wildman–Crippen LogP) is 5.09. The maximum Gasteiger partial charge on any atom is 0.137 e. The Morgan fingerprint density at radius 2 is 2.00 bits per heavy atom. The first-order valence-corrected chi connectivity index (χ1v) is 8.30. The molecular weight excluding hydrogens is 270 g/mol. The lowest BCUT2D eigenvalue weighted by atomic mass is 10.1.